The quantitative estimate of drug-likeness (QED) is 0.714. The molecule has 0 radical (unpaired) electrons. The number of nitrogens with one attached hydrogen (secondary N) is 1. The Morgan fingerprint density at radius 3 is 2.80 bits per heavy atom. The second kappa shape index (κ2) is 6.63. The van der Waals surface area contributed by atoms with Crippen molar-refractivity contribution >= 4 is 17.5 Å². The topological polar surface area (TPSA) is 81.9 Å². The molecule has 0 saturated carbocycles. The predicted octanol–water partition coefficient (Wildman–Crippen LogP) is 3.44. The molecule has 3 heterocycles. The fraction of sp³-hybridized carbons (Fsp3) is 0.217. The minimum Gasteiger partial charge on any atom is -0.338 e. The number of halogens is 1. The molecule has 3 aromatic rings. The maximum Gasteiger partial charge on any atom is 0.238 e. The predicted molar refractivity (Wildman–Crippen MR) is 110 cm³/mol. The monoisotopic (exact) mass is 399 g/mol. The first kappa shape index (κ1) is 18.3. The van der Waals surface area contributed by atoms with Gasteiger partial charge < -0.3 is 10.2 Å². The standard InChI is InChI=1S/C23H18FN5O/c1-14-11-26-22(28-20(14)16-6-2-4-8-18(16)24)29-12-15(10-25)23(13-29)17-7-3-5-9-19(17)27-21(23)30/h2-9,11,15H,12-13H2,1H3,(H,27,30). The average molecular weight is 399 g/mol. The minimum absolute atomic E-state index is 0.181. The number of rotatable bonds is 2. The van der Waals surface area contributed by atoms with Crippen LogP contribution in [0.3, 0.4) is 0 Å². The van der Waals surface area contributed by atoms with Gasteiger partial charge in [0.05, 0.1) is 17.7 Å². The van der Waals surface area contributed by atoms with Crippen LogP contribution in [0.5, 0.6) is 0 Å². The van der Waals surface area contributed by atoms with Gasteiger partial charge in [-0.25, -0.2) is 14.4 Å². The minimum atomic E-state index is -0.974. The molecule has 1 N–H and O–H groups in total. The molecule has 0 bridgehead atoms. The molecule has 6 nitrogen and oxygen atoms in total. The van der Waals surface area contributed by atoms with Crippen LogP contribution in [-0.4, -0.2) is 29.0 Å². The second-order valence-corrected chi connectivity index (χ2v) is 7.71. The molecule has 7 heteroatoms. The van der Waals surface area contributed by atoms with E-state index >= 15 is 0 Å². The van der Waals surface area contributed by atoms with Gasteiger partial charge in [0.15, 0.2) is 0 Å². The summed E-state index contributed by atoms with van der Waals surface area (Å²) in [5.41, 5.74) is 2.24. The number of aryl methyl sites for hydroxylation is 1. The molecule has 1 saturated heterocycles. The van der Waals surface area contributed by atoms with Gasteiger partial charge >= 0.3 is 0 Å². The molecule has 1 aromatic heterocycles. The van der Waals surface area contributed by atoms with Crippen LogP contribution in [0.15, 0.2) is 54.7 Å². The first-order valence-electron chi connectivity index (χ1n) is 9.68. The SMILES string of the molecule is Cc1cnc(N2CC(C#N)C3(C2)C(=O)Nc2ccccc23)nc1-c1ccccc1F. The summed E-state index contributed by atoms with van der Waals surface area (Å²) in [7, 11) is 0. The molecule has 1 spiro atoms. The van der Waals surface area contributed by atoms with Crippen LogP contribution < -0.4 is 10.2 Å². The number of aromatic nitrogens is 2. The number of fused-ring (bicyclic) bond motifs is 2. The van der Waals surface area contributed by atoms with Crippen molar-refractivity contribution in [3.63, 3.8) is 0 Å². The molecular weight excluding hydrogens is 381 g/mol. The van der Waals surface area contributed by atoms with E-state index in [4.69, 9.17) is 0 Å². The van der Waals surface area contributed by atoms with Gasteiger partial charge in [0.2, 0.25) is 11.9 Å². The number of hydrogen-bond donors (Lipinski definition) is 1. The first-order valence-corrected chi connectivity index (χ1v) is 9.68. The zero-order valence-corrected chi connectivity index (χ0v) is 16.3. The van der Waals surface area contributed by atoms with Crippen LogP contribution in [0.25, 0.3) is 11.3 Å². The number of para-hydroxylation sites is 1. The maximum absolute atomic E-state index is 14.4. The lowest BCUT2D eigenvalue weighted by Crippen LogP contribution is -2.42. The lowest BCUT2D eigenvalue weighted by molar-refractivity contribution is -0.120. The third-order valence-electron chi connectivity index (χ3n) is 6.03. The number of anilines is 2. The lowest BCUT2D eigenvalue weighted by atomic mass is 9.74. The zero-order valence-electron chi connectivity index (χ0n) is 16.3. The smallest absolute Gasteiger partial charge is 0.238 e. The fourth-order valence-electron chi connectivity index (χ4n) is 4.51. The van der Waals surface area contributed by atoms with Gasteiger partial charge in [0.1, 0.15) is 11.2 Å². The second-order valence-electron chi connectivity index (χ2n) is 7.71. The molecule has 0 aliphatic carbocycles. The van der Waals surface area contributed by atoms with Gasteiger partial charge in [-0.2, -0.15) is 5.26 Å². The highest BCUT2D eigenvalue weighted by molar-refractivity contribution is 6.07. The summed E-state index contributed by atoms with van der Waals surface area (Å²) in [6.07, 6.45) is 1.65. The van der Waals surface area contributed by atoms with E-state index in [9.17, 15) is 14.4 Å². The van der Waals surface area contributed by atoms with E-state index in [2.05, 4.69) is 21.4 Å². The highest BCUT2D eigenvalue weighted by Crippen LogP contribution is 2.47. The Morgan fingerprint density at radius 2 is 2.00 bits per heavy atom. The van der Waals surface area contributed by atoms with Crippen LogP contribution in [0.2, 0.25) is 0 Å². The largest absolute Gasteiger partial charge is 0.338 e. The molecule has 2 aromatic carbocycles. The van der Waals surface area contributed by atoms with Gasteiger partial charge in [-0.1, -0.05) is 30.3 Å². The summed E-state index contributed by atoms with van der Waals surface area (Å²) in [5.74, 6) is -0.711. The summed E-state index contributed by atoms with van der Waals surface area (Å²) in [6, 6.07) is 16.2. The van der Waals surface area contributed by atoms with Gasteiger partial charge in [-0.05, 0) is 36.2 Å². The molecule has 2 unspecified atom stereocenters. The van der Waals surface area contributed by atoms with Crippen molar-refractivity contribution in [2.45, 2.75) is 12.3 Å². The Morgan fingerprint density at radius 1 is 1.23 bits per heavy atom. The van der Waals surface area contributed by atoms with Crippen LogP contribution >= 0.6 is 0 Å². The Balaban J connectivity index is 1.58. The molecule has 2 aliphatic rings. The number of carbonyl (C=O) groups excluding carboxylic acids is 1. The number of benzene rings is 2. The lowest BCUT2D eigenvalue weighted by Gasteiger charge is -2.24. The number of nitrogens with zero attached hydrogens (tertiary/aromatic N) is 4. The van der Waals surface area contributed by atoms with Gasteiger partial charge in [0, 0.05) is 30.5 Å². The average Bonchev–Trinajstić information content (AvgIpc) is 3.28. The van der Waals surface area contributed by atoms with E-state index in [0.717, 1.165) is 16.8 Å². The van der Waals surface area contributed by atoms with Crippen molar-refractivity contribution in [2.75, 3.05) is 23.3 Å². The summed E-state index contributed by atoms with van der Waals surface area (Å²) in [5, 5.41) is 12.8. The first-order chi connectivity index (χ1) is 14.5. The molecule has 148 valence electrons. The van der Waals surface area contributed by atoms with Crippen molar-refractivity contribution in [3.8, 4) is 17.3 Å². The van der Waals surface area contributed by atoms with E-state index in [0.29, 0.717) is 23.8 Å². The third-order valence-corrected chi connectivity index (χ3v) is 6.03. The van der Waals surface area contributed by atoms with Crippen LogP contribution in [0.1, 0.15) is 11.1 Å². The summed E-state index contributed by atoms with van der Waals surface area (Å²) < 4.78 is 14.4. The zero-order chi connectivity index (χ0) is 20.9. The Hall–Kier alpha value is -3.79. The summed E-state index contributed by atoms with van der Waals surface area (Å²) >= 11 is 0. The summed E-state index contributed by atoms with van der Waals surface area (Å²) in [6.45, 7) is 2.43. The van der Waals surface area contributed by atoms with Crippen molar-refractivity contribution in [1.29, 1.82) is 5.26 Å². The molecule has 1 amide bonds. The Kier molecular flexibility index (Phi) is 4.03. The number of nitriles is 1. The van der Waals surface area contributed by atoms with Crippen molar-refractivity contribution < 1.29 is 9.18 Å². The van der Waals surface area contributed by atoms with E-state index < -0.39 is 11.3 Å². The van der Waals surface area contributed by atoms with E-state index in [-0.39, 0.29) is 18.3 Å². The van der Waals surface area contributed by atoms with Gasteiger partial charge in [0.25, 0.3) is 0 Å². The molecule has 1 fully saturated rings. The molecule has 2 aliphatic heterocycles. The molecule has 30 heavy (non-hydrogen) atoms. The highest BCUT2D eigenvalue weighted by Gasteiger charge is 2.58. The molecule has 2 atom stereocenters. The van der Waals surface area contributed by atoms with E-state index in [1.54, 1.807) is 24.4 Å². The molecule has 5 rings (SSSR count). The maximum atomic E-state index is 14.4. The van der Waals surface area contributed by atoms with Gasteiger partial charge in [-0.3, -0.25) is 4.79 Å². The van der Waals surface area contributed by atoms with Crippen molar-refractivity contribution in [2.24, 2.45) is 5.92 Å². The highest BCUT2D eigenvalue weighted by atomic mass is 19.1. The van der Waals surface area contributed by atoms with E-state index in [1.807, 2.05) is 36.1 Å². The van der Waals surface area contributed by atoms with Crippen LogP contribution in [0.4, 0.5) is 16.0 Å². The van der Waals surface area contributed by atoms with Gasteiger partial charge in [-0.15, -0.1) is 0 Å². The molecular formula is C23H18FN5O. The Labute approximate surface area is 173 Å². The van der Waals surface area contributed by atoms with E-state index in [1.165, 1.54) is 6.07 Å². The van der Waals surface area contributed by atoms with Crippen LogP contribution in [-0.2, 0) is 10.2 Å². The van der Waals surface area contributed by atoms with Crippen LogP contribution in [0, 0.1) is 30.0 Å². The fourth-order valence-corrected chi connectivity index (χ4v) is 4.51. The number of amides is 1. The third kappa shape index (κ3) is 2.50. The number of carbonyl (C=O) groups is 1. The normalized spacial score (nSPS) is 22.1. The Bertz CT molecular complexity index is 1220. The van der Waals surface area contributed by atoms with Crippen molar-refractivity contribution in [3.05, 3.63) is 71.7 Å². The number of hydrogen-bond acceptors (Lipinski definition) is 5. The summed E-state index contributed by atoms with van der Waals surface area (Å²) in [4.78, 5) is 23.9. The van der Waals surface area contributed by atoms with Crippen molar-refractivity contribution in [1.82, 2.24) is 9.97 Å².